The molecule has 1 amide bonds. The van der Waals surface area contributed by atoms with Crippen LogP contribution >= 0.6 is 0 Å². The molecule has 0 bridgehead atoms. The third-order valence-corrected chi connectivity index (χ3v) is 2.46. The fraction of sp³-hybridized carbons (Fsp3) is 0.875. The van der Waals surface area contributed by atoms with Crippen LogP contribution in [-0.4, -0.2) is 31.3 Å². The summed E-state index contributed by atoms with van der Waals surface area (Å²) in [6.07, 6.45) is 3.25. The molecule has 2 saturated heterocycles. The van der Waals surface area contributed by atoms with Gasteiger partial charge in [0, 0.05) is 12.5 Å². The Labute approximate surface area is 71.7 Å². The van der Waals surface area contributed by atoms with Gasteiger partial charge in [0.25, 0.3) is 0 Å². The number of amides is 1. The summed E-state index contributed by atoms with van der Waals surface area (Å²) in [5, 5.41) is 6.03. The van der Waals surface area contributed by atoms with Gasteiger partial charge in [0.05, 0.1) is 6.54 Å². The molecule has 2 atom stereocenters. The Hall–Kier alpha value is -0.770. The van der Waals surface area contributed by atoms with Gasteiger partial charge < -0.3 is 15.4 Å². The van der Waals surface area contributed by atoms with Crippen LogP contribution in [0.2, 0.25) is 0 Å². The van der Waals surface area contributed by atoms with Crippen molar-refractivity contribution in [1.29, 1.82) is 0 Å². The van der Waals surface area contributed by atoms with E-state index in [0.29, 0.717) is 12.6 Å². The standard InChI is InChI=1S/C8H14N2O2/c11-8-10-5-7(12-8)4-6-2-1-3-9-6/h6-7,9H,1-5H2,(H,10,11). The van der Waals surface area contributed by atoms with Gasteiger partial charge in [0.15, 0.2) is 0 Å². The van der Waals surface area contributed by atoms with Crippen LogP contribution in [0.4, 0.5) is 4.79 Å². The molecule has 0 aromatic carbocycles. The molecular weight excluding hydrogens is 156 g/mol. The van der Waals surface area contributed by atoms with Gasteiger partial charge in [-0.15, -0.1) is 0 Å². The Balaban J connectivity index is 1.75. The summed E-state index contributed by atoms with van der Waals surface area (Å²) in [7, 11) is 0. The molecule has 0 spiro atoms. The Morgan fingerprint density at radius 2 is 2.50 bits per heavy atom. The molecule has 2 unspecified atom stereocenters. The molecule has 0 saturated carbocycles. The molecule has 4 nitrogen and oxygen atoms in total. The van der Waals surface area contributed by atoms with E-state index in [4.69, 9.17) is 4.74 Å². The number of rotatable bonds is 2. The molecule has 0 aromatic rings. The molecule has 0 aromatic heterocycles. The molecule has 0 radical (unpaired) electrons. The molecule has 2 aliphatic heterocycles. The summed E-state index contributed by atoms with van der Waals surface area (Å²) in [5.74, 6) is 0. The number of ether oxygens (including phenoxy) is 1. The van der Waals surface area contributed by atoms with Gasteiger partial charge in [-0.25, -0.2) is 4.79 Å². The van der Waals surface area contributed by atoms with Crippen LogP contribution in [0, 0.1) is 0 Å². The van der Waals surface area contributed by atoms with Crippen molar-refractivity contribution in [2.75, 3.05) is 13.1 Å². The van der Waals surface area contributed by atoms with E-state index in [1.807, 2.05) is 0 Å². The summed E-state index contributed by atoms with van der Waals surface area (Å²) in [6.45, 7) is 1.79. The third-order valence-electron chi connectivity index (χ3n) is 2.46. The first-order valence-electron chi connectivity index (χ1n) is 4.52. The second kappa shape index (κ2) is 3.31. The number of hydrogen-bond donors (Lipinski definition) is 2. The Morgan fingerprint density at radius 1 is 1.58 bits per heavy atom. The van der Waals surface area contributed by atoms with Crippen LogP contribution in [0.15, 0.2) is 0 Å². The predicted molar refractivity (Wildman–Crippen MR) is 43.9 cm³/mol. The molecule has 12 heavy (non-hydrogen) atoms. The fourth-order valence-electron chi connectivity index (χ4n) is 1.84. The number of alkyl carbamates (subject to hydrolysis) is 1. The molecule has 2 N–H and O–H groups in total. The highest BCUT2D eigenvalue weighted by atomic mass is 16.6. The molecule has 4 heteroatoms. The molecule has 2 fully saturated rings. The summed E-state index contributed by atoms with van der Waals surface area (Å²) < 4.78 is 5.03. The average Bonchev–Trinajstić information content (AvgIpc) is 2.63. The lowest BCUT2D eigenvalue weighted by molar-refractivity contribution is 0.130. The van der Waals surface area contributed by atoms with Gasteiger partial charge in [-0.2, -0.15) is 0 Å². The molecule has 68 valence electrons. The average molecular weight is 170 g/mol. The van der Waals surface area contributed by atoms with Gasteiger partial charge in [0.2, 0.25) is 0 Å². The smallest absolute Gasteiger partial charge is 0.407 e. The van der Waals surface area contributed by atoms with Gasteiger partial charge in [-0.1, -0.05) is 0 Å². The lowest BCUT2D eigenvalue weighted by Crippen LogP contribution is -2.28. The Bertz CT molecular complexity index is 178. The van der Waals surface area contributed by atoms with Crippen molar-refractivity contribution in [3.8, 4) is 0 Å². The van der Waals surface area contributed by atoms with E-state index in [0.717, 1.165) is 13.0 Å². The van der Waals surface area contributed by atoms with Crippen LogP contribution in [0.1, 0.15) is 19.3 Å². The van der Waals surface area contributed by atoms with E-state index in [1.165, 1.54) is 12.8 Å². The van der Waals surface area contributed by atoms with E-state index in [9.17, 15) is 4.79 Å². The van der Waals surface area contributed by atoms with E-state index < -0.39 is 0 Å². The van der Waals surface area contributed by atoms with Crippen LogP contribution in [0.5, 0.6) is 0 Å². The maximum absolute atomic E-state index is 10.7. The first-order chi connectivity index (χ1) is 5.84. The van der Waals surface area contributed by atoms with Crippen LogP contribution in [0.25, 0.3) is 0 Å². The van der Waals surface area contributed by atoms with E-state index in [2.05, 4.69) is 10.6 Å². The van der Waals surface area contributed by atoms with E-state index in [1.54, 1.807) is 0 Å². The minimum Gasteiger partial charge on any atom is -0.444 e. The summed E-state index contributed by atoms with van der Waals surface area (Å²) in [6, 6.07) is 0.558. The zero-order valence-electron chi connectivity index (χ0n) is 7.01. The Morgan fingerprint density at radius 3 is 3.08 bits per heavy atom. The van der Waals surface area contributed by atoms with E-state index >= 15 is 0 Å². The molecule has 0 aliphatic carbocycles. The van der Waals surface area contributed by atoms with Crippen molar-refractivity contribution >= 4 is 6.09 Å². The summed E-state index contributed by atoms with van der Waals surface area (Å²) in [4.78, 5) is 10.7. The predicted octanol–water partition coefficient (Wildman–Crippen LogP) is 0.237. The SMILES string of the molecule is O=C1NCC(CC2CCCN2)O1. The molecule has 2 rings (SSSR count). The lowest BCUT2D eigenvalue weighted by Gasteiger charge is -2.13. The van der Waals surface area contributed by atoms with Crippen LogP contribution < -0.4 is 10.6 Å². The highest BCUT2D eigenvalue weighted by molar-refractivity contribution is 5.69. The van der Waals surface area contributed by atoms with E-state index in [-0.39, 0.29) is 12.2 Å². The number of hydrogen-bond acceptors (Lipinski definition) is 3. The lowest BCUT2D eigenvalue weighted by atomic mass is 10.1. The van der Waals surface area contributed by atoms with Crippen molar-refractivity contribution in [1.82, 2.24) is 10.6 Å². The number of carbonyl (C=O) groups excluding carboxylic acids is 1. The monoisotopic (exact) mass is 170 g/mol. The van der Waals surface area contributed by atoms with Gasteiger partial charge in [-0.05, 0) is 19.4 Å². The number of carbonyl (C=O) groups is 1. The van der Waals surface area contributed by atoms with Gasteiger partial charge in [-0.3, -0.25) is 0 Å². The minimum absolute atomic E-state index is 0.0908. The summed E-state index contributed by atoms with van der Waals surface area (Å²) >= 11 is 0. The molecule has 2 aliphatic rings. The van der Waals surface area contributed by atoms with Crippen LogP contribution in [0.3, 0.4) is 0 Å². The highest BCUT2D eigenvalue weighted by Crippen LogP contribution is 2.14. The quantitative estimate of drug-likeness (QED) is 0.624. The third kappa shape index (κ3) is 1.69. The second-order valence-corrected chi connectivity index (χ2v) is 3.44. The van der Waals surface area contributed by atoms with Crippen molar-refractivity contribution in [2.45, 2.75) is 31.4 Å². The molecule has 2 heterocycles. The highest BCUT2D eigenvalue weighted by Gasteiger charge is 2.26. The number of nitrogens with one attached hydrogen (secondary N) is 2. The van der Waals surface area contributed by atoms with Gasteiger partial charge >= 0.3 is 6.09 Å². The minimum atomic E-state index is -0.266. The number of cyclic esters (lactones) is 1. The normalized spacial score (nSPS) is 34.8. The van der Waals surface area contributed by atoms with Crippen molar-refractivity contribution in [3.63, 3.8) is 0 Å². The summed E-state index contributed by atoms with van der Waals surface area (Å²) in [5.41, 5.74) is 0. The van der Waals surface area contributed by atoms with Gasteiger partial charge in [0.1, 0.15) is 6.10 Å². The van der Waals surface area contributed by atoms with Crippen molar-refractivity contribution in [3.05, 3.63) is 0 Å². The molecular formula is C8H14N2O2. The van der Waals surface area contributed by atoms with Crippen molar-refractivity contribution in [2.24, 2.45) is 0 Å². The maximum atomic E-state index is 10.7. The fourth-order valence-corrected chi connectivity index (χ4v) is 1.84. The van der Waals surface area contributed by atoms with Crippen LogP contribution in [-0.2, 0) is 4.74 Å². The Kier molecular flexibility index (Phi) is 2.17. The first kappa shape index (κ1) is 7.86. The zero-order chi connectivity index (χ0) is 8.39. The topological polar surface area (TPSA) is 50.4 Å². The zero-order valence-corrected chi connectivity index (χ0v) is 7.01. The second-order valence-electron chi connectivity index (χ2n) is 3.44. The first-order valence-corrected chi connectivity index (χ1v) is 4.52. The largest absolute Gasteiger partial charge is 0.444 e. The van der Waals surface area contributed by atoms with Crippen molar-refractivity contribution < 1.29 is 9.53 Å². The maximum Gasteiger partial charge on any atom is 0.407 e.